The summed E-state index contributed by atoms with van der Waals surface area (Å²) in [5.41, 5.74) is 3.15. The highest BCUT2D eigenvalue weighted by Crippen LogP contribution is 2.25. The summed E-state index contributed by atoms with van der Waals surface area (Å²) < 4.78 is 5.59. The Balaban J connectivity index is 1.79. The standard InChI is InChI=1S/C20H22BNO5/c1-13-6-5-9-16-15(12-27-19(13)16)10-18(21(25)26)22-20(24)17(11-23)14-7-3-2-4-8-14/h2-9,12,17-18,23,25-26H,10-11H2,1H3,(H,22,24)/t17?,18-/m1/s1. The van der Waals surface area contributed by atoms with E-state index in [1.165, 1.54) is 0 Å². The van der Waals surface area contributed by atoms with Gasteiger partial charge in [0.2, 0.25) is 5.91 Å². The normalized spacial score (nSPS) is 13.3. The number of rotatable bonds is 7. The van der Waals surface area contributed by atoms with Gasteiger partial charge >= 0.3 is 7.12 Å². The minimum Gasteiger partial charge on any atom is -0.464 e. The molecule has 2 aromatic carbocycles. The Bertz CT molecular complexity index is 909. The van der Waals surface area contributed by atoms with E-state index in [-0.39, 0.29) is 13.0 Å². The molecule has 7 heteroatoms. The molecule has 2 atom stereocenters. The summed E-state index contributed by atoms with van der Waals surface area (Å²) in [5, 5.41) is 32.7. The summed E-state index contributed by atoms with van der Waals surface area (Å²) in [6.45, 7) is 1.55. The smallest absolute Gasteiger partial charge is 0.464 e. The van der Waals surface area contributed by atoms with E-state index < -0.39 is 24.9 Å². The maximum Gasteiger partial charge on any atom is 0.475 e. The van der Waals surface area contributed by atoms with Gasteiger partial charge in [0.05, 0.1) is 24.7 Å². The van der Waals surface area contributed by atoms with Gasteiger partial charge in [-0.2, -0.15) is 0 Å². The summed E-state index contributed by atoms with van der Waals surface area (Å²) in [7, 11) is -1.75. The van der Waals surface area contributed by atoms with Crippen LogP contribution in [0, 0.1) is 6.92 Å². The zero-order chi connectivity index (χ0) is 19.4. The van der Waals surface area contributed by atoms with E-state index >= 15 is 0 Å². The van der Waals surface area contributed by atoms with Crippen LogP contribution in [-0.2, 0) is 11.2 Å². The molecule has 0 bridgehead atoms. The fourth-order valence-corrected chi connectivity index (χ4v) is 3.19. The Hall–Kier alpha value is -2.61. The lowest BCUT2D eigenvalue weighted by molar-refractivity contribution is -0.123. The predicted molar refractivity (Wildman–Crippen MR) is 103 cm³/mol. The lowest BCUT2D eigenvalue weighted by Crippen LogP contribution is -2.49. The highest BCUT2D eigenvalue weighted by Gasteiger charge is 2.30. The lowest BCUT2D eigenvalue weighted by atomic mass is 9.75. The first-order chi connectivity index (χ1) is 13.0. The van der Waals surface area contributed by atoms with Crippen LogP contribution < -0.4 is 5.32 Å². The van der Waals surface area contributed by atoms with Crippen molar-refractivity contribution < 1.29 is 24.4 Å². The molecule has 1 aromatic heterocycles. The first-order valence-electron chi connectivity index (χ1n) is 8.79. The van der Waals surface area contributed by atoms with E-state index in [1.54, 1.807) is 30.5 Å². The van der Waals surface area contributed by atoms with Crippen molar-refractivity contribution in [2.75, 3.05) is 6.61 Å². The highest BCUT2D eigenvalue weighted by atomic mass is 16.4. The minimum atomic E-state index is -1.75. The van der Waals surface area contributed by atoms with Crippen LogP contribution in [0.5, 0.6) is 0 Å². The molecule has 0 spiro atoms. The van der Waals surface area contributed by atoms with Crippen molar-refractivity contribution in [2.45, 2.75) is 25.2 Å². The summed E-state index contributed by atoms with van der Waals surface area (Å²) >= 11 is 0. The van der Waals surface area contributed by atoms with Gasteiger partial charge in [-0.05, 0) is 30.0 Å². The Labute approximate surface area is 157 Å². The molecule has 0 saturated heterocycles. The SMILES string of the molecule is Cc1cccc2c(C[C@@H](NC(=O)C(CO)c3ccccc3)B(O)O)coc12. The third-order valence-electron chi connectivity index (χ3n) is 4.71. The van der Waals surface area contributed by atoms with Gasteiger partial charge in [0, 0.05) is 5.39 Å². The fourth-order valence-electron chi connectivity index (χ4n) is 3.19. The van der Waals surface area contributed by atoms with E-state index in [0.717, 1.165) is 22.1 Å². The van der Waals surface area contributed by atoms with Crippen LogP contribution in [0.3, 0.4) is 0 Å². The third-order valence-corrected chi connectivity index (χ3v) is 4.71. The van der Waals surface area contributed by atoms with E-state index in [4.69, 9.17) is 4.42 Å². The van der Waals surface area contributed by atoms with Crippen LogP contribution >= 0.6 is 0 Å². The summed E-state index contributed by atoms with van der Waals surface area (Å²) in [4.78, 5) is 12.6. The molecule has 1 unspecified atom stereocenters. The molecule has 4 N–H and O–H groups in total. The van der Waals surface area contributed by atoms with Crippen molar-refractivity contribution in [3.05, 3.63) is 71.5 Å². The molecule has 1 heterocycles. The third kappa shape index (κ3) is 4.22. The second kappa shape index (κ2) is 8.39. The average Bonchev–Trinajstić information content (AvgIpc) is 3.07. The van der Waals surface area contributed by atoms with Gasteiger partial charge in [-0.1, -0.05) is 48.5 Å². The molecule has 0 aliphatic rings. The quantitative estimate of drug-likeness (QED) is 0.475. The average molecular weight is 367 g/mol. The number of aliphatic hydroxyl groups is 1. The molecule has 3 aromatic rings. The Kier molecular flexibility index (Phi) is 5.96. The summed E-state index contributed by atoms with van der Waals surface area (Å²) in [5.74, 6) is -2.18. The number of hydrogen-bond acceptors (Lipinski definition) is 5. The van der Waals surface area contributed by atoms with Crippen LogP contribution in [0.1, 0.15) is 22.6 Å². The molecular weight excluding hydrogens is 345 g/mol. The lowest BCUT2D eigenvalue weighted by Gasteiger charge is -2.21. The monoisotopic (exact) mass is 367 g/mol. The first kappa shape index (κ1) is 19.2. The van der Waals surface area contributed by atoms with E-state index in [9.17, 15) is 19.9 Å². The van der Waals surface area contributed by atoms with Crippen molar-refractivity contribution in [3.63, 3.8) is 0 Å². The number of amides is 1. The van der Waals surface area contributed by atoms with Gasteiger partial charge in [0.1, 0.15) is 5.58 Å². The van der Waals surface area contributed by atoms with Crippen molar-refractivity contribution >= 4 is 24.0 Å². The number of aryl methyl sites for hydroxylation is 1. The zero-order valence-electron chi connectivity index (χ0n) is 15.0. The van der Waals surface area contributed by atoms with Crippen molar-refractivity contribution in [1.82, 2.24) is 5.32 Å². The number of carbonyl (C=O) groups is 1. The second-order valence-corrected chi connectivity index (χ2v) is 6.59. The van der Waals surface area contributed by atoms with Gasteiger partial charge in [-0.25, -0.2) is 0 Å². The topological polar surface area (TPSA) is 103 Å². The summed E-state index contributed by atoms with van der Waals surface area (Å²) in [6.07, 6.45) is 1.76. The maximum absolute atomic E-state index is 12.6. The highest BCUT2D eigenvalue weighted by molar-refractivity contribution is 6.43. The van der Waals surface area contributed by atoms with Crippen LogP contribution in [0.15, 0.2) is 59.2 Å². The van der Waals surface area contributed by atoms with Crippen molar-refractivity contribution in [1.29, 1.82) is 0 Å². The molecule has 140 valence electrons. The second-order valence-electron chi connectivity index (χ2n) is 6.59. The van der Waals surface area contributed by atoms with Crippen LogP contribution in [0.25, 0.3) is 11.0 Å². The molecule has 0 aliphatic heterocycles. The van der Waals surface area contributed by atoms with Crippen molar-refractivity contribution in [3.8, 4) is 0 Å². The number of fused-ring (bicyclic) bond motifs is 1. The largest absolute Gasteiger partial charge is 0.475 e. The molecule has 0 saturated carbocycles. The van der Waals surface area contributed by atoms with Gasteiger partial charge < -0.3 is 24.9 Å². The van der Waals surface area contributed by atoms with Gasteiger partial charge in [-0.15, -0.1) is 0 Å². The number of para-hydroxylation sites is 1. The number of hydrogen-bond donors (Lipinski definition) is 4. The molecular formula is C20H22BNO5. The number of nitrogens with one attached hydrogen (secondary N) is 1. The Morgan fingerprint density at radius 3 is 2.56 bits per heavy atom. The Morgan fingerprint density at radius 1 is 1.15 bits per heavy atom. The molecule has 0 aliphatic carbocycles. The first-order valence-corrected chi connectivity index (χ1v) is 8.79. The fraction of sp³-hybridized carbons (Fsp3) is 0.250. The Morgan fingerprint density at radius 2 is 1.89 bits per heavy atom. The molecule has 27 heavy (non-hydrogen) atoms. The number of aliphatic hydroxyl groups excluding tert-OH is 1. The predicted octanol–water partition coefficient (Wildman–Crippen LogP) is 1.56. The van der Waals surface area contributed by atoms with E-state index in [2.05, 4.69) is 5.32 Å². The number of furan rings is 1. The molecule has 0 radical (unpaired) electrons. The minimum absolute atomic E-state index is 0.187. The van der Waals surface area contributed by atoms with E-state index in [0.29, 0.717) is 5.56 Å². The molecule has 1 amide bonds. The van der Waals surface area contributed by atoms with Crippen LogP contribution in [0.2, 0.25) is 0 Å². The zero-order valence-corrected chi connectivity index (χ0v) is 15.0. The van der Waals surface area contributed by atoms with Crippen LogP contribution in [0.4, 0.5) is 0 Å². The van der Waals surface area contributed by atoms with Gasteiger partial charge in [0.25, 0.3) is 0 Å². The number of benzene rings is 2. The van der Waals surface area contributed by atoms with Crippen molar-refractivity contribution in [2.24, 2.45) is 0 Å². The number of carbonyl (C=O) groups excluding carboxylic acids is 1. The molecule has 3 rings (SSSR count). The van der Waals surface area contributed by atoms with Gasteiger partial charge in [0.15, 0.2) is 0 Å². The summed E-state index contributed by atoms with van der Waals surface area (Å²) in [6, 6.07) is 14.6. The maximum atomic E-state index is 12.6. The van der Waals surface area contributed by atoms with Gasteiger partial charge in [-0.3, -0.25) is 4.79 Å². The molecule has 0 fully saturated rings. The van der Waals surface area contributed by atoms with Crippen LogP contribution in [-0.4, -0.2) is 40.7 Å². The molecule has 6 nitrogen and oxygen atoms in total. The van der Waals surface area contributed by atoms with E-state index in [1.807, 2.05) is 31.2 Å².